The van der Waals surface area contributed by atoms with Gasteiger partial charge in [0.05, 0.1) is 41.9 Å². The average molecular weight is 690 g/mol. The normalized spacial score (nSPS) is 19.4. The Morgan fingerprint density at radius 1 is 0.725 bits per heavy atom. The lowest BCUT2D eigenvalue weighted by Gasteiger charge is -2.31. The number of H-pyrrole nitrogens is 2. The van der Waals surface area contributed by atoms with Gasteiger partial charge in [0.1, 0.15) is 17.8 Å². The van der Waals surface area contributed by atoms with Crippen molar-refractivity contribution in [2.24, 2.45) is 17.8 Å². The summed E-state index contributed by atoms with van der Waals surface area (Å²) in [4.78, 5) is 50.5. The van der Waals surface area contributed by atoms with Gasteiger partial charge in [-0.25, -0.2) is 9.97 Å². The fraction of sp³-hybridized carbons (Fsp3) is 0.475. The Hall–Kier alpha value is -4.95. The molecule has 0 saturated carbocycles. The van der Waals surface area contributed by atoms with Crippen molar-refractivity contribution < 1.29 is 9.59 Å². The largest absolute Gasteiger partial charge is 0.340 e. The van der Waals surface area contributed by atoms with E-state index in [4.69, 9.17) is 16.5 Å². The van der Waals surface area contributed by atoms with E-state index in [0.717, 1.165) is 77.5 Å². The molecule has 0 radical (unpaired) electrons. The van der Waals surface area contributed by atoms with Gasteiger partial charge in [-0.15, -0.1) is 5.43 Å². The summed E-state index contributed by atoms with van der Waals surface area (Å²) in [5.74, 6) is 2.28. The molecular formula is C40H51N9O2. The van der Waals surface area contributed by atoms with E-state index in [1.54, 1.807) is 0 Å². The number of hydrogen-bond acceptors (Lipinski definition) is 6. The highest BCUT2D eigenvalue weighted by Crippen LogP contribution is 2.35. The van der Waals surface area contributed by atoms with Crippen LogP contribution in [0.25, 0.3) is 38.6 Å². The van der Waals surface area contributed by atoms with Crippen LogP contribution < -0.4 is 10.7 Å². The molecule has 2 aliphatic rings. The number of rotatable bonds is 12. The average Bonchev–Trinajstić information content (AvgIpc) is 3.96. The molecule has 4 aromatic rings. The van der Waals surface area contributed by atoms with Gasteiger partial charge < -0.3 is 19.8 Å². The minimum atomic E-state index is -0.402. The van der Waals surface area contributed by atoms with E-state index >= 15 is 0 Å². The first-order chi connectivity index (χ1) is 24.5. The van der Waals surface area contributed by atoms with E-state index in [-0.39, 0.29) is 41.9 Å². The highest BCUT2D eigenvalue weighted by atomic mass is 16.2. The number of likely N-dealkylation sites (tertiary alicyclic amines) is 2. The molecule has 268 valence electrons. The number of aromatic nitrogens is 4. The Morgan fingerprint density at radius 3 is 1.61 bits per heavy atom. The molecule has 51 heavy (non-hydrogen) atoms. The second kappa shape index (κ2) is 15.5. The summed E-state index contributed by atoms with van der Waals surface area (Å²) < 4.78 is 0. The molecule has 2 fully saturated rings. The van der Waals surface area contributed by atoms with Crippen LogP contribution in [0.5, 0.6) is 0 Å². The van der Waals surface area contributed by atoms with Crippen molar-refractivity contribution in [3.05, 3.63) is 84.1 Å². The molecule has 2 amide bonds. The summed E-state index contributed by atoms with van der Waals surface area (Å²) in [5.41, 5.74) is 8.82. The van der Waals surface area contributed by atoms with Gasteiger partial charge in [0.25, 0.3) is 0 Å². The van der Waals surface area contributed by atoms with Crippen LogP contribution in [0.15, 0.2) is 60.9 Å². The van der Waals surface area contributed by atoms with Crippen molar-refractivity contribution in [1.82, 2.24) is 40.5 Å². The summed E-state index contributed by atoms with van der Waals surface area (Å²) in [7, 11) is 0. The summed E-state index contributed by atoms with van der Waals surface area (Å²) in [6, 6.07) is 16.4. The minimum Gasteiger partial charge on any atom is -0.340 e. The van der Waals surface area contributed by atoms with E-state index < -0.39 is 6.04 Å². The van der Waals surface area contributed by atoms with Crippen LogP contribution in [0.1, 0.15) is 91.0 Å². The monoisotopic (exact) mass is 689 g/mol. The zero-order valence-electron chi connectivity index (χ0n) is 30.6. The van der Waals surface area contributed by atoms with Crippen molar-refractivity contribution in [3.63, 3.8) is 0 Å². The number of amides is 2. The number of carbonyl (C=O) groups excluding carboxylic acids is 2. The maximum atomic E-state index is 13.7. The smallest absolute Gasteiger partial charge is 0.240 e. The summed E-state index contributed by atoms with van der Waals surface area (Å²) in [6.45, 7) is 20.7. The lowest BCUT2D eigenvalue weighted by Crippen LogP contribution is -2.54. The standard InChI is InChI=1S/C40H51N9O2/c1-24(2)26(5)39(50)48-20-8-10-34(48)37-42-22-32(45-37)30-16-12-28(13-17-30)29-14-18-31(19-15-29)33-23-43-38(46-33)35-11-9-21-49(35)40(51)36(25(3)4)44-27(6)47-41-7/h12-19,22-27,34-36,44,47H,8-11,20-21H2,1-6H3,(H,42,45)(H,43,46)/t26-,27?,34-,35-,36-/m0/s1. The molecule has 4 heterocycles. The Labute approximate surface area is 301 Å². The van der Waals surface area contributed by atoms with E-state index in [9.17, 15) is 9.59 Å². The van der Waals surface area contributed by atoms with E-state index in [1.165, 1.54) is 0 Å². The van der Waals surface area contributed by atoms with Crippen molar-refractivity contribution in [2.45, 2.75) is 91.5 Å². The molecule has 6 rings (SSSR count). The first kappa shape index (κ1) is 35.9. The lowest BCUT2D eigenvalue weighted by atomic mass is 9.96. The third kappa shape index (κ3) is 7.71. The lowest BCUT2D eigenvalue weighted by molar-refractivity contribution is -0.137. The maximum absolute atomic E-state index is 13.7. The van der Waals surface area contributed by atoms with Crippen LogP contribution in [0.3, 0.4) is 0 Å². The van der Waals surface area contributed by atoms with Gasteiger partial charge in [0.2, 0.25) is 11.8 Å². The second-order valence-corrected chi connectivity index (χ2v) is 14.8. The van der Waals surface area contributed by atoms with Gasteiger partial charge in [0.15, 0.2) is 0 Å². The van der Waals surface area contributed by atoms with Gasteiger partial charge >= 0.3 is 0 Å². The van der Waals surface area contributed by atoms with Crippen LogP contribution in [-0.4, -0.2) is 66.8 Å². The number of carbonyl (C=O) groups is 2. The molecule has 0 aliphatic carbocycles. The van der Waals surface area contributed by atoms with E-state index in [2.05, 4.69) is 88.0 Å². The molecule has 0 bridgehead atoms. The predicted molar refractivity (Wildman–Crippen MR) is 199 cm³/mol. The molecule has 11 heteroatoms. The van der Waals surface area contributed by atoms with Crippen LogP contribution in [-0.2, 0) is 9.59 Å². The Morgan fingerprint density at radius 2 is 1.18 bits per heavy atom. The second-order valence-electron chi connectivity index (χ2n) is 14.8. The zero-order chi connectivity index (χ0) is 36.2. The Bertz CT molecular complexity index is 1840. The van der Waals surface area contributed by atoms with Crippen molar-refractivity contribution >= 4 is 11.8 Å². The van der Waals surface area contributed by atoms with Gasteiger partial charge in [-0.2, -0.15) is 11.5 Å². The summed E-state index contributed by atoms with van der Waals surface area (Å²) >= 11 is 0. The van der Waals surface area contributed by atoms with Crippen LogP contribution >= 0.6 is 0 Å². The summed E-state index contributed by atoms with van der Waals surface area (Å²) in [6.07, 6.45) is 7.12. The number of nitrogens with zero attached hydrogens (tertiary/aromatic N) is 5. The Kier molecular flexibility index (Phi) is 10.9. The molecule has 5 atom stereocenters. The molecule has 2 aliphatic heterocycles. The fourth-order valence-electron chi connectivity index (χ4n) is 7.30. The molecule has 0 spiro atoms. The molecule has 11 nitrogen and oxygen atoms in total. The van der Waals surface area contributed by atoms with Crippen molar-refractivity contribution in [2.75, 3.05) is 13.1 Å². The van der Waals surface area contributed by atoms with E-state index in [1.807, 2.05) is 49.9 Å². The van der Waals surface area contributed by atoms with Gasteiger partial charge in [0, 0.05) is 19.0 Å². The zero-order valence-corrected chi connectivity index (χ0v) is 30.6. The van der Waals surface area contributed by atoms with Crippen molar-refractivity contribution in [1.29, 1.82) is 0 Å². The van der Waals surface area contributed by atoms with E-state index in [0.29, 0.717) is 12.5 Å². The van der Waals surface area contributed by atoms with Gasteiger partial charge in [-0.1, -0.05) is 83.1 Å². The summed E-state index contributed by atoms with van der Waals surface area (Å²) in [5, 5.41) is 3.29. The van der Waals surface area contributed by atoms with Crippen LogP contribution in [0, 0.1) is 24.3 Å². The number of imidazole rings is 2. The highest BCUT2D eigenvalue weighted by Gasteiger charge is 2.38. The molecule has 2 aromatic heterocycles. The first-order valence-corrected chi connectivity index (χ1v) is 18.4. The molecule has 2 saturated heterocycles. The Balaban J connectivity index is 1.11. The van der Waals surface area contributed by atoms with Crippen molar-refractivity contribution in [3.8, 4) is 33.6 Å². The quantitative estimate of drug-likeness (QED) is 0.0712. The number of aromatic amines is 2. The maximum Gasteiger partial charge on any atom is 0.240 e. The van der Waals surface area contributed by atoms with Crippen LogP contribution in [0.4, 0.5) is 0 Å². The third-order valence-electron chi connectivity index (χ3n) is 10.6. The number of hydrogen-bond donors (Lipinski definition) is 4. The molecule has 2 aromatic carbocycles. The first-order valence-electron chi connectivity index (χ1n) is 18.4. The molecule has 1 unspecified atom stereocenters. The topological polar surface area (TPSA) is 126 Å². The molecular weight excluding hydrogens is 639 g/mol. The fourth-order valence-corrected chi connectivity index (χ4v) is 7.30. The number of nitrogens with one attached hydrogen (secondary N) is 4. The third-order valence-corrected chi connectivity index (χ3v) is 10.6. The highest BCUT2D eigenvalue weighted by molar-refractivity contribution is 5.83. The SMILES string of the molecule is [C-]#[N+]NC(C)N[C@H](C(=O)N1CCC[C@H]1c1ncc(-c2ccc(-c3ccc(-c4cnc([C@@H]5CCCN5C(=O)[C@@H](C)C(C)C)[nH]4)cc3)cc2)[nH]1)C(C)C. The van der Waals surface area contributed by atoms with Gasteiger partial charge in [-0.3, -0.25) is 14.9 Å². The number of benzene rings is 2. The molecule has 4 N–H and O–H groups in total. The van der Waals surface area contributed by atoms with Crippen LogP contribution in [0.2, 0.25) is 0 Å². The van der Waals surface area contributed by atoms with Gasteiger partial charge in [-0.05, 0) is 66.7 Å². The predicted octanol–water partition coefficient (Wildman–Crippen LogP) is 7.14. The minimum absolute atomic E-state index is 0.00126.